The fraction of sp³-hybridized carbons (Fsp3) is 0.615. The number of H-pyrrole nitrogens is 1. The van der Waals surface area contributed by atoms with Crippen molar-refractivity contribution in [1.82, 2.24) is 19.5 Å². The topological polar surface area (TPSA) is 217 Å². The van der Waals surface area contributed by atoms with Crippen LogP contribution in [0.1, 0.15) is 21.5 Å². The second-order valence-electron chi connectivity index (χ2n) is 4.80. The molecule has 156 valence electrons. The molecule has 14 heteroatoms. The smallest absolute Gasteiger partial charge is 0.324 e. The largest absolute Gasteiger partial charge is 0.412 e. The van der Waals surface area contributed by atoms with Crippen LogP contribution in [0.5, 0.6) is 0 Å². The van der Waals surface area contributed by atoms with E-state index in [1.165, 1.54) is 18.0 Å². The number of fused-ring (bicyclic) bond motifs is 1. The van der Waals surface area contributed by atoms with E-state index in [4.69, 9.17) is 24.7 Å². The predicted octanol–water partition coefficient (Wildman–Crippen LogP) is -1.40. The lowest BCUT2D eigenvalue weighted by atomic mass is 10.1. The van der Waals surface area contributed by atoms with Gasteiger partial charge in [-0.25, -0.2) is 9.55 Å². The first kappa shape index (κ1) is 25.0. The van der Waals surface area contributed by atoms with Crippen molar-refractivity contribution in [2.45, 2.75) is 38.4 Å². The lowest BCUT2D eigenvalue weighted by molar-refractivity contribution is -0.0583. The van der Waals surface area contributed by atoms with Crippen molar-refractivity contribution < 1.29 is 36.0 Å². The Kier molecular flexibility index (Phi) is 10.8. The Labute approximate surface area is 156 Å². The van der Waals surface area contributed by atoms with E-state index < -0.39 is 38.8 Å². The van der Waals surface area contributed by atoms with Crippen molar-refractivity contribution in [2.24, 2.45) is 0 Å². The molecular weight excluding hydrogens is 385 g/mol. The number of aliphatic hydroxyl groups is 2. The minimum absolute atomic E-state index is 0. The lowest BCUT2D eigenvalue weighted by Crippen LogP contribution is -2.34. The quantitative estimate of drug-likeness (QED) is 0.372. The van der Waals surface area contributed by atoms with Crippen LogP contribution < -0.4 is 11.3 Å². The van der Waals surface area contributed by atoms with Gasteiger partial charge in [0.05, 0.1) is 12.9 Å². The van der Waals surface area contributed by atoms with Crippen molar-refractivity contribution in [2.75, 3.05) is 19.5 Å². The summed E-state index contributed by atoms with van der Waals surface area (Å²) in [5, 5.41) is 19.3. The normalized spacial score (nSPS) is 23.8. The summed E-state index contributed by atoms with van der Waals surface area (Å²) >= 11 is 0. The molecule has 0 radical (unpaired) electrons. The molecule has 1 fully saturated rings. The Balaban J connectivity index is 0. The SMILES string of the molecule is CC.COC1C(O)C(CO)OC1n1cnc2c(=O)[nH]c(N)nc21.O.O=PO.[HH]. The minimum atomic E-state index is -1.01. The molecule has 1 aliphatic rings. The number of aliphatic hydroxyl groups excluding tert-OH is 2. The van der Waals surface area contributed by atoms with Crippen LogP contribution in [0.4, 0.5) is 5.95 Å². The Morgan fingerprint density at radius 2 is 2.11 bits per heavy atom. The molecule has 0 aliphatic carbocycles. The van der Waals surface area contributed by atoms with Crippen LogP contribution >= 0.6 is 8.69 Å². The molecule has 3 heterocycles. The van der Waals surface area contributed by atoms with Crippen LogP contribution in [0.3, 0.4) is 0 Å². The first-order chi connectivity index (χ1) is 12.5. The monoisotopic (exact) mass is 411 g/mol. The van der Waals surface area contributed by atoms with E-state index >= 15 is 0 Å². The molecule has 27 heavy (non-hydrogen) atoms. The van der Waals surface area contributed by atoms with E-state index in [1.54, 1.807) is 0 Å². The van der Waals surface area contributed by atoms with Crippen LogP contribution in [-0.2, 0) is 14.0 Å². The van der Waals surface area contributed by atoms with E-state index in [0.29, 0.717) is 0 Å². The zero-order chi connectivity index (χ0) is 19.9. The first-order valence-corrected chi connectivity index (χ1v) is 8.41. The third kappa shape index (κ3) is 5.26. The Hall–Kier alpha value is -1.99. The third-order valence-corrected chi connectivity index (χ3v) is 3.49. The second-order valence-corrected chi connectivity index (χ2v) is 4.96. The number of rotatable bonds is 3. The van der Waals surface area contributed by atoms with Gasteiger partial charge in [-0.3, -0.25) is 14.3 Å². The molecule has 4 atom stereocenters. The number of nitrogens with one attached hydrogen (secondary N) is 1. The van der Waals surface area contributed by atoms with E-state index in [0.717, 1.165) is 0 Å². The van der Waals surface area contributed by atoms with Crippen LogP contribution in [0.15, 0.2) is 11.1 Å². The highest BCUT2D eigenvalue weighted by atomic mass is 31.1. The number of aromatic nitrogens is 4. The summed E-state index contributed by atoms with van der Waals surface area (Å²) in [6.45, 7) is 3.64. The number of ether oxygens (including phenoxy) is 2. The van der Waals surface area contributed by atoms with Gasteiger partial charge < -0.3 is 35.8 Å². The predicted molar refractivity (Wildman–Crippen MR) is 97.3 cm³/mol. The number of imidazole rings is 1. The molecule has 3 rings (SSSR count). The van der Waals surface area contributed by atoms with Gasteiger partial charge in [-0.05, 0) is 0 Å². The highest BCUT2D eigenvalue weighted by molar-refractivity contribution is 7.16. The first-order valence-electron chi connectivity index (χ1n) is 7.64. The van der Waals surface area contributed by atoms with Gasteiger partial charge in [0.25, 0.3) is 5.56 Å². The van der Waals surface area contributed by atoms with E-state index in [1.807, 2.05) is 13.8 Å². The van der Waals surface area contributed by atoms with E-state index in [-0.39, 0.29) is 30.6 Å². The van der Waals surface area contributed by atoms with Crippen LogP contribution in [0.25, 0.3) is 11.2 Å². The summed E-state index contributed by atoms with van der Waals surface area (Å²) in [5.74, 6) is -0.0551. The van der Waals surface area contributed by atoms with Crippen LogP contribution in [-0.4, -0.2) is 72.1 Å². The van der Waals surface area contributed by atoms with Gasteiger partial charge in [-0.15, -0.1) is 0 Å². The maximum Gasteiger partial charge on any atom is 0.324 e. The number of hydrogen-bond donors (Lipinski definition) is 5. The number of nitrogens with zero attached hydrogens (tertiary/aromatic N) is 3. The van der Waals surface area contributed by atoms with Crippen molar-refractivity contribution in [3.63, 3.8) is 0 Å². The Morgan fingerprint density at radius 1 is 1.52 bits per heavy atom. The highest BCUT2D eigenvalue weighted by Gasteiger charge is 2.45. The molecule has 0 amide bonds. The third-order valence-electron chi connectivity index (χ3n) is 3.49. The molecule has 2 aromatic heterocycles. The number of nitrogen functional groups attached to an aromatic ring is 1. The molecule has 0 saturated carbocycles. The zero-order valence-electron chi connectivity index (χ0n) is 14.9. The van der Waals surface area contributed by atoms with E-state index in [2.05, 4.69) is 15.0 Å². The number of hydrogen-bond acceptors (Lipinski definition) is 9. The fourth-order valence-electron chi connectivity index (χ4n) is 2.48. The molecule has 1 saturated heterocycles. The second kappa shape index (κ2) is 11.7. The van der Waals surface area contributed by atoms with Gasteiger partial charge in [0.15, 0.2) is 17.4 Å². The summed E-state index contributed by atoms with van der Waals surface area (Å²) < 4.78 is 20.7. The number of methoxy groups -OCH3 is 1. The van der Waals surface area contributed by atoms with Crippen molar-refractivity contribution in [1.29, 1.82) is 0 Å². The minimum Gasteiger partial charge on any atom is -0.412 e. The Morgan fingerprint density at radius 3 is 2.63 bits per heavy atom. The standard InChI is InChI=1S/C11H15N5O5.C2H6.HO2P.H2O.H2/c1-20-7-6(18)4(2-17)21-10(7)16-3-13-5-8(16)14-11(12)15-9(5)19;1-2;1-3-2;;/h3-4,6-7,10,17-18H,2H2,1H3,(H3,12,14,15,19);1-2H3;(H,1,2);1H2;1H. The summed E-state index contributed by atoms with van der Waals surface area (Å²) in [7, 11) is 0.581. The average Bonchev–Trinajstić information content (AvgIpc) is 3.17. The zero-order valence-corrected chi connectivity index (χ0v) is 15.8. The summed E-state index contributed by atoms with van der Waals surface area (Å²) in [6.07, 6.45) is -1.96. The van der Waals surface area contributed by atoms with Gasteiger partial charge in [0.2, 0.25) is 5.95 Å². The Bertz CT molecular complexity index is 775. The lowest BCUT2D eigenvalue weighted by Gasteiger charge is -2.19. The van der Waals surface area contributed by atoms with Crippen LogP contribution in [0.2, 0.25) is 0 Å². The maximum absolute atomic E-state index is 11.8. The summed E-state index contributed by atoms with van der Waals surface area (Å²) in [5.41, 5.74) is 5.38. The van der Waals surface area contributed by atoms with Crippen molar-refractivity contribution >= 4 is 25.8 Å². The van der Waals surface area contributed by atoms with Gasteiger partial charge in [0.1, 0.15) is 18.3 Å². The fourth-order valence-corrected chi connectivity index (χ4v) is 2.48. The van der Waals surface area contributed by atoms with Gasteiger partial charge >= 0.3 is 8.69 Å². The van der Waals surface area contributed by atoms with Crippen LogP contribution in [0, 0.1) is 0 Å². The van der Waals surface area contributed by atoms with Gasteiger partial charge in [-0.2, -0.15) is 4.98 Å². The van der Waals surface area contributed by atoms with E-state index in [9.17, 15) is 15.0 Å². The molecular formula is C13H26N5O8P. The maximum atomic E-state index is 11.8. The number of aromatic amines is 1. The van der Waals surface area contributed by atoms with Crippen molar-refractivity contribution in [3.8, 4) is 0 Å². The summed E-state index contributed by atoms with van der Waals surface area (Å²) in [4.78, 5) is 29.1. The number of nitrogens with two attached hydrogens (primary N) is 1. The highest BCUT2D eigenvalue weighted by Crippen LogP contribution is 2.32. The van der Waals surface area contributed by atoms with Gasteiger partial charge in [0, 0.05) is 8.54 Å². The number of anilines is 1. The molecule has 4 unspecified atom stereocenters. The molecule has 8 N–H and O–H groups in total. The van der Waals surface area contributed by atoms with Crippen molar-refractivity contribution in [3.05, 3.63) is 16.7 Å². The molecule has 0 spiro atoms. The molecule has 13 nitrogen and oxygen atoms in total. The summed E-state index contributed by atoms with van der Waals surface area (Å²) in [6, 6.07) is 0. The molecule has 1 aliphatic heterocycles. The average molecular weight is 411 g/mol. The molecule has 0 bridgehead atoms. The molecule has 2 aromatic rings. The molecule has 0 aromatic carbocycles. The van der Waals surface area contributed by atoms with Gasteiger partial charge in [-0.1, -0.05) is 13.8 Å².